The number of halogens is 1. The van der Waals surface area contributed by atoms with Crippen LogP contribution in [0.2, 0.25) is 0 Å². The summed E-state index contributed by atoms with van der Waals surface area (Å²) < 4.78 is 66.1. The van der Waals surface area contributed by atoms with Gasteiger partial charge in [-0.15, -0.1) is 0 Å². The molecule has 0 heterocycles. The molecule has 30 heavy (non-hydrogen) atoms. The van der Waals surface area contributed by atoms with E-state index in [1.54, 1.807) is 0 Å². The van der Waals surface area contributed by atoms with E-state index in [0.29, 0.717) is 12.2 Å². The van der Waals surface area contributed by atoms with E-state index in [9.17, 15) is 26.0 Å². The minimum absolute atomic E-state index is 0.0867. The van der Waals surface area contributed by atoms with Gasteiger partial charge in [0.2, 0.25) is 26.0 Å². The molecule has 0 spiro atoms. The van der Waals surface area contributed by atoms with Gasteiger partial charge in [-0.3, -0.25) is 4.79 Å². The summed E-state index contributed by atoms with van der Waals surface area (Å²) in [7, 11) is -7.45. The molecule has 164 valence electrons. The molecule has 8 nitrogen and oxygen atoms in total. The normalized spacial score (nSPS) is 11.9. The van der Waals surface area contributed by atoms with Crippen LogP contribution in [0.4, 0.5) is 10.1 Å². The Labute approximate surface area is 176 Å². The zero-order valence-electron chi connectivity index (χ0n) is 16.4. The molecule has 3 N–H and O–H groups in total. The molecule has 0 bridgehead atoms. The third-order valence-electron chi connectivity index (χ3n) is 4.04. The van der Waals surface area contributed by atoms with Crippen molar-refractivity contribution in [3.63, 3.8) is 0 Å². The molecule has 0 fully saturated rings. The standard InChI is InChI=1S/C19H24FN3O5S2/c1-2-3-13-21-29(25,26)18-10-6-16(7-11-18)23-19(24)12-14-22-30(27,28)17-8-4-15(20)5-9-17/h4-11,21-22H,2-3,12-14H2,1H3,(H,23,24). The number of hydrogen-bond acceptors (Lipinski definition) is 5. The highest BCUT2D eigenvalue weighted by atomic mass is 32.2. The number of rotatable bonds is 11. The first-order chi connectivity index (χ1) is 14.1. The van der Waals surface area contributed by atoms with Crippen molar-refractivity contribution in [2.45, 2.75) is 36.0 Å². The van der Waals surface area contributed by atoms with Gasteiger partial charge in [-0.1, -0.05) is 13.3 Å². The van der Waals surface area contributed by atoms with Crippen molar-refractivity contribution < 1.29 is 26.0 Å². The predicted molar refractivity (Wildman–Crippen MR) is 111 cm³/mol. The highest BCUT2D eigenvalue weighted by Crippen LogP contribution is 2.14. The Balaban J connectivity index is 1.85. The Kier molecular flexibility index (Phi) is 8.47. The molecule has 2 aromatic carbocycles. The highest BCUT2D eigenvalue weighted by molar-refractivity contribution is 7.89. The number of benzene rings is 2. The van der Waals surface area contributed by atoms with Gasteiger partial charge in [0, 0.05) is 25.2 Å². The Morgan fingerprint density at radius 3 is 1.87 bits per heavy atom. The second kappa shape index (κ2) is 10.6. The lowest BCUT2D eigenvalue weighted by atomic mass is 10.3. The van der Waals surface area contributed by atoms with Gasteiger partial charge in [0.05, 0.1) is 9.79 Å². The predicted octanol–water partition coefficient (Wildman–Crippen LogP) is 2.21. The van der Waals surface area contributed by atoms with Gasteiger partial charge >= 0.3 is 0 Å². The van der Waals surface area contributed by atoms with Crippen LogP contribution in [0, 0.1) is 5.82 Å². The zero-order chi connectivity index (χ0) is 22.2. The topological polar surface area (TPSA) is 121 Å². The molecule has 0 aliphatic rings. The number of carbonyl (C=O) groups is 1. The first-order valence-corrected chi connectivity index (χ1v) is 12.3. The summed E-state index contributed by atoms with van der Waals surface area (Å²) in [4.78, 5) is 12.0. The van der Waals surface area contributed by atoms with Gasteiger partial charge in [-0.25, -0.2) is 30.7 Å². The minimum Gasteiger partial charge on any atom is -0.326 e. The van der Waals surface area contributed by atoms with Gasteiger partial charge < -0.3 is 5.32 Å². The third kappa shape index (κ3) is 7.17. The fourth-order valence-corrected chi connectivity index (χ4v) is 4.51. The molecule has 0 saturated heterocycles. The first kappa shape index (κ1) is 23.9. The van der Waals surface area contributed by atoms with E-state index < -0.39 is 31.8 Å². The van der Waals surface area contributed by atoms with E-state index in [2.05, 4.69) is 14.8 Å². The smallest absolute Gasteiger partial charge is 0.240 e. The van der Waals surface area contributed by atoms with E-state index in [0.717, 1.165) is 37.1 Å². The fourth-order valence-electron chi connectivity index (χ4n) is 2.40. The lowest BCUT2D eigenvalue weighted by Gasteiger charge is -2.09. The molecule has 0 aliphatic heterocycles. The maximum atomic E-state index is 12.9. The highest BCUT2D eigenvalue weighted by Gasteiger charge is 2.15. The maximum Gasteiger partial charge on any atom is 0.240 e. The summed E-state index contributed by atoms with van der Waals surface area (Å²) in [6.07, 6.45) is 1.46. The molecular formula is C19H24FN3O5S2. The van der Waals surface area contributed by atoms with Crippen molar-refractivity contribution in [1.82, 2.24) is 9.44 Å². The summed E-state index contributed by atoms with van der Waals surface area (Å²) in [5, 5.41) is 2.57. The average molecular weight is 458 g/mol. The molecule has 0 unspecified atom stereocenters. The molecule has 0 saturated carbocycles. The molecule has 11 heteroatoms. The number of nitrogens with one attached hydrogen (secondary N) is 3. The molecular weight excluding hydrogens is 433 g/mol. The van der Waals surface area contributed by atoms with Crippen molar-refractivity contribution in [2.24, 2.45) is 0 Å². The van der Waals surface area contributed by atoms with E-state index in [-0.39, 0.29) is 22.8 Å². The SMILES string of the molecule is CCCCNS(=O)(=O)c1ccc(NC(=O)CCNS(=O)(=O)c2ccc(F)cc2)cc1. The summed E-state index contributed by atoms with van der Waals surface area (Å²) in [5.41, 5.74) is 0.383. The largest absolute Gasteiger partial charge is 0.326 e. The van der Waals surface area contributed by atoms with Crippen LogP contribution in [0.1, 0.15) is 26.2 Å². The number of amides is 1. The molecule has 2 aromatic rings. The Morgan fingerprint density at radius 1 is 0.833 bits per heavy atom. The van der Waals surface area contributed by atoms with Gasteiger partial charge in [0.1, 0.15) is 5.82 Å². The molecule has 2 rings (SSSR count). The quantitative estimate of drug-likeness (QED) is 0.447. The molecule has 0 aromatic heterocycles. The van der Waals surface area contributed by atoms with Gasteiger partial charge in [0.25, 0.3) is 0 Å². The van der Waals surface area contributed by atoms with Crippen LogP contribution < -0.4 is 14.8 Å². The molecule has 1 amide bonds. The zero-order valence-corrected chi connectivity index (χ0v) is 18.0. The lowest BCUT2D eigenvalue weighted by molar-refractivity contribution is -0.116. The van der Waals surface area contributed by atoms with E-state index in [1.807, 2.05) is 6.92 Å². The average Bonchev–Trinajstić information content (AvgIpc) is 2.68. The second-order valence-corrected chi connectivity index (χ2v) is 9.96. The van der Waals surface area contributed by atoms with Crippen LogP contribution in [0.3, 0.4) is 0 Å². The summed E-state index contributed by atoms with van der Waals surface area (Å²) in [5.74, 6) is -1.00. The lowest BCUT2D eigenvalue weighted by Crippen LogP contribution is -2.28. The summed E-state index contributed by atoms with van der Waals surface area (Å²) >= 11 is 0. The summed E-state index contributed by atoms with van der Waals surface area (Å²) in [6, 6.07) is 9.98. The van der Waals surface area contributed by atoms with E-state index in [4.69, 9.17) is 0 Å². The fraction of sp³-hybridized carbons (Fsp3) is 0.316. The van der Waals surface area contributed by atoms with E-state index >= 15 is 0 Å². The Morgan fingerprint density at radius 2 is 1.33 bits per heavy atom. The van der Waals surface area contributed by atoms with Gasteiger partial charge in [0.15, 0.2) is 0 Å². The number of anilines is 1. The van der Waals surface area contributed by atoms with Crippen molar-refractivity contribution in [3.05, 3.63) is 54.3 Å². The van der Waals surface area contributed by atoms with Crippen LogP contribution in [0.15, 0.2) is 58.3 Å². The van der Waals surface area contributed by atoms with Crippen LogP contribution in [0.25, 0.3) is 0 Å². The monoisotopic (exact) mass is 457 g/mol. The number of hydrogen-bond donors (Lipinski definition) is 3. The Bertz CT molecular complexity index is 1050. The number of carbonyl (C=O) groups excluding carboxylic acids is 1. The van der Waals surface area contributed by atoms with Crippen molar-refractivity contribution in [1.29, 1.82) is 0 Å². The minimum atomic E-state index is -3.85. The second-order valence-electron chi connectivity index (χ2n) is 6.43. The van der Waals surface area contributed by atoms with Crippen LogP contribution in [-0.4, -0.2) is 35.8 Å². The van der Waals surface area contributed by atoms with Crippen LogP contribution in [-0.2, 0) is 24.8 Å². The van der Waals surface area contributed by atoms with Crippen LogP contribution >= 0.6 is 0 Å². The molecule has 0 atom stereocenters. The molecule has 0 aliphatic carbocycles. The van der Waals surface area contributed by atoms with E-state index in [1.165, 1.54) is 24.3 Å². The summed E-state index contributed by atoms with van der Waals surface area (Å²) in [6.45, 7) is 2.16. The third-order valence-corrected chi connectivity index (χ3v) is 6.99. The first-order valence-electron chi connectivity index (χ1n) is 9.29. The van der Waals surface area contributed by atoms with Crippen molar-refractivity contribution in [2.75, 3.05) is 18.4 Å². The Hall–Kier alpha value is -2.34. The number of sulfonamides is 2. The van der Waals surface area contributed by atoms with Gasteiger partial charge in [-0.05, 0) is 55.0 Å². The maximum absolute atomic E-state index is 12.9. The van der Waals surface area contributed by atoms with Gasteiger partial charge in [-0.2, -0.15) is 0 Å². The van der Waals surface area contributed by atoms with Crippen molar-refractivity contribution in [3.8, 4) is 0 Å². The van der Waals surface area contributed by atoms with Crippen molar-refractivity contribution >= 4 is 31.6 Å². The number of unbranched alkanes of at least 4 members (excludes halogenated alkanes) is 1. The van der Waals surface area contributed by atoms with Crippen LogP contribution in [0.5, 0.6) is 0 Å². The molecule has 0 radical (unpaired) electrons.